The van der Waals surface area contributed by atoms with Gasteiger partial charge in [0, 0.05) is 24.8 Å². The molecule has 3 aromatic carbocycles. The summed E-state index contributed by atoms with van der Waals surface area (Å²) in [5.41, 5.74) is 1.67. The summed E-state index contributed by atoms with van der Waals surface area (Å²) in [7, 11) is 0. The Morgan fingerprint density at radius 2 is 1.45 bits per heavy atom. The number of carbonyl (C=O) groups is 3. The maximum absolute atomic E-state index is 12.1. The lowest BCUT2D eigenvalue weighted by Gasteiger charge is -2.14. The van der Waals surface area contributed by atoms with E-state index in [0.717, 1.165) is 10.8 Å². The standard InChI is InChI=1S/C22H21N3O4/c1-14(26)24-16-9-11-17(12-10-16)25-22(29)21(28)23-13-20(27)19-8-4-6-15-5-2-3-7-18(15)19/h2-12,20,27H,13H2,1H3,(H,23,28)(H,24,26)(H,25,29). The number of hydrogen-bond donors (Lipinski definition) is 4. The van der Waals surface area contributed by atoms with Crippen LogP contribution in [0.3, 0.4) is 0 Å². The maximum Gasteiger partial charge on any atom is 0.313 e. The van der Waals surface area contributed by atoms with Gasteiger partial charge in [-0.1, -0.05) is 42.5 Å². The van der Waals surface area contributed by atoms with Gasteiger partial charge in [-0.15, -0.1) is 0 Å². The van der Waals surface area contributed by atoms with Gasteiger partial charge < -0.3 is 21.1 Å². The minimum absolute atomic E-state index is 0.0955. The second-order valence-corrected chi connectivity index (χ2v) is 6.51. The Kier molecular flexibility index (Phi) is 6.21. The molecule has 7 nitrogen and oxygen atoms in total. The van der Waals surface area contributed by atoms with Crippen LogP contribution < -0.4 is 16.0 Å². The van der Waals surface area contributed by atoms with Crippen molar-refractivity contribution in [3.8, 4) is 0 Å². The van der Waals surface area contributed by atoms with E-state index in [0.29, 0.717) is 16.9 Å². The Morgan fingerprint density at radius 1 is 0.828 bits per heavy atom. The van der Waals surface area contributed by atoms with Crippen LogP contribution in [0, 0.1) is 0 Å². The normalized spacial score (nSPS) is 11.5. The summed E-state index contributed by atoms with van der Waals surface area (Å²) in [5.74, 6) is -1.90. The predicted octanol–water partition coefficient (Wildman–Crippen LogP) is 2.59. The third-order valence-electron chi connectivity index (χ3n) is 4.31. The highest BCUT2D eigenvalue weighted by molar-refractivity contribution is 6.39. The molecule has 3 amide bonds. The summed E-state index contributed by atoms with van der Waals surface area (Å²) in [5, 5.41) is 19.9. The average molecular weight is 391 g/mol. The molecule has 0 saturated carbocycles. The number of benzene rings is 3. The molecule has 0 fully saturated rings. The molecule has 1 unspecified atom stereocenters. The van der Waals surface area contributed by atoms with Crippen molar-refractivity contribution < 1.29 is 19.5 Å². The third-order valence-corrected chi connectivity index (χ3v) is 4.31. The van der Waals surface area contributed by atoms with Gasteiger partial charge >= 0.3 is 11.8 Å². The van der Waals surface area contributed by atoms with Crippen molar-refractivity contribution in [3.63, 3.8) is 0 Å². The van der Waals surface area contributed by atoms with E-state index >= 15 is 0 Å². The Morgan fingerprint density at radius 3 is 2.14 bits per heavy atom. The van der Waals surface area contributed by atoms with E-state index in [9.17, 15) is 19.5 Å². The molecule has 0 bridgehead atoms. The lowest BCUT2D eigenvalue weighted by atomic mass is 10.0. The smallest absolute Gasteiger partial charge is 0.313 e. The fraction of sp³-hybridized carbons (Fsp3) is 0.136. The second-order valence-electron chi connectivity index (χ2n) is 6.51. The van der Waals surface area contributed by atoms with E-state index in [4.69, 9.17) is 0 Å². The van der Waals surface area contributed by atoms with E-state index in [1.54, 1.807) is 30.3 Å². The number of nitrogens with one attached hydrogen (secondary N) is 3. The van der Waals surface area contributed by atoms with Crippen molar-refractivity contribution in [1.29, 1.82) is 0 Å². The number of hydrogen-bond acceptors (Lipinski definition) is 4. The van der Waals surface area contributed by atoms with Crippen LogP contribution in [0.5, 0.6) is 0 Å². The first-order valence-electron chi connectivity index (χ1n) is 9.06. The number of carbonyl (C=O) groups excluding carboxylic acids is 3. The molecule has 148 valence electrons. The number of amides is 3. The van der Waals surface area contributed by atoms with Crippen molar-refractivity contribution in [3.05, 3.63) is 72.3 Å². The summed E-state index contributed by atoms with van der Waals surface area (Å²) in [6.07, 6.45) is -0.949. The van der Waals surface area contributed by atoms with Gasteiger partial charge in [-0.2, -0.15) is 0 Å². The van der Waals surface area contributed by atoms with Crippen molar-refractivity contribution in [1.82, 2.24) is 5.32 Å². The third kappa shape index (κ3) is 5.18. The number of aliphatic hydroxyl groups is 1. The zero-order valence-electron chi connectivity index (χ0n) is 15.8. The van der Waals surface area contributed by atoms with Gasteiger partial charge in [-0.3, -0.25) is 14.4 Å². The predicted molar refractivity (Wildman–Crippen MR) is 111 cm³/mol. The first-order chi connectivity index (χ1) is 13.9. The molecule has 0 aliphatic rings. The van der Waals surface area contributed by atoms with Gasteiger partial charge in [-0.25, -0.2) is 0 Å². The largest absolute Gasteiger partial charge is 0.387 e. The van der Waals surface area contributed by atoms with Crippen LogP contribution in [-0.4, -0.2) is 29.4 Å². The van der Waals surface area contributed by atoms with Crippen molar-refractivity contribution >= 4 is 39.9 Å². The molecule has 0 saturated heterocycles. The Bertz CT molecular complexity index is 1040. The number of fused-ring (bicyclic) bond motifs is 1. The molecule has 0 aliphatic carbocycles. The van der Waals surface area contributed by atoms with E-state index in [1.807, 2.05) is 36.4 Å². The number of rotatable bonds is 5. The molecule has 0 aromatic heterocycles. The van der Waals surface area contributed by atoms with Gasteiger partial charge in [0.15, 0.2) is 0 Å². The van der Waals surface area contributed by atoms with Crippen LogP contribution in [0.4, 0.5) is 11.4 Å². The van der Waals surface area contributed by atoms with Crippen LogP contribution in [0.25, 0.3) is 10.8 Å². The summed E-state index contributed by atoms with van der Waals surface area (Å²) in [4.78, 5) is 35.1. The van der Waals surface area contributed by atoms with Crippen molar-refractivity contribution in [2.24, 2.45) is 0 Å². The molecule has 7 heteroatoms. The Balaban J connectivity index is 1.57. The Hall–Kier alpha value is -3.71. The molecule has 0 heterocycles. The molecule has 3 aromatic rings. The molecule has 29 heavy (non-hydrogen) atoms. The summed E-state index contributed by atoms with van der Waals surface area (Å²) in [6.45, 7) is 1.30. The molecular weight excluding hydrogens is 370 g/mol. The zero-order chi connectivity index (χ0) is 20.8. The number of anilines is 2. The fourth-order valence-electron chi connectivity index (χ4n) is 2.95. The van der Waals surface area contributed by atoms with Crippen LogP contribution in [0.1, 0.15) is 18.6 Å². The quantitative estimate of drug-likeness (QED) is 0.502. The van der Waals surface area contributed by atoms with Crippen LogP contribution in [0.2, 0.25) is 0 Å². The molecule has 4 N–H and O–H groups in total. The lowest BCUT2D eigenvalue weighted by molar-refractivity contribution is -0.136. The van der Waals surface area contributed by atoms with Crippen LogP contribution >= 0.6 is 0 Å². The molecule has 1 atom stereocenters. The first kappa shape index (κ1) is 20.0. The zero-order valence-corrected chi connectivity index (χ0v) is 15.8. The van der Waals surface area contributed by atoms with Gasteiger partial charge in [0.2, 0.25) is 5.91 Å². The second kappa shape index (κ2) is 8.99. The Labute approximate surface area is 167 Å². The van der Waals surface area contributed by atoms with E-state index in [-0.39, 0.29) is 12.5 Å². The van der Waals surface area contributed by atoms with E-state index < -0.39 is 17.9 Å². The van der Waals surface area contributed by atoms with Crippen molar-refractivity contribution in [2.45, 2.75) is 13.0 Å². The first-order valence-corrected chi connectivity index (χ1v) is 9.06. The van der Waals surface area contributed by atoms with Crippen molar-refractivity contribution in [2.75, 3.05) is 17.2 Å². The van der Waals surface area contributed by atoms with E-state index in [2.05, 4.69) is 16.0 Å². The summed E-state index contributed by atoms with van der Waals surface area (Å²) in [6, 6.07) is 19.5. The highest BCUT2D eigenvalue weighted by Gasteiger charge is 2.17. The monoisotopic (exact) mass is 391 g/mol. The van der Waals surface area contributed by atoms with Gasteiger partial charge in [0.05, 0.1) is 6.10 Å². The lowest BCUT2D eigenvalue weighted by Crippen LogP contribution is -2.37. The van der Waals surface area contributed by atoms with Gasteiger partial charge in [0.25, 0.3) is 0 Å². The number of aliphatic hydroxyl groups excluding tert-OH is 1. The van der Waals surface area contributed by atoms with E-state index in [1.165, 1.54) is 6.92 Å². The summed E-state index contributed by atoms with van der Waals surface area (Å²) >= 11 is 0. The molecular formula is C22H21N3O4. The van der Waals surface area contributed by atoms with Gasteiger partial charge in [-0.05, 0) is 40.6 Å². The minimum Gasteiger partial charge on any atom is -0.387 e. The fourth-order valence-corrected chi connectivity index (χ4v) is 2.95. The maximum atomic E-state index is 12.1. The topological polar surface area (TPSA) is 108 Å². The van der Waals surface area contributed by atoms with Gasteiger partial charge in [0.1, 0.15) is 0 Å². The molecule has 3 rings (SSSR count). The average Bonchev–Trinajstić information content (AvgIpc) is 2.72. The van der Waals surface area contributed by atoms with Crippen LogP contribution in [0.15, 0.2) is 66.7 Å². The molecule has 0 aliphatic heterocycles. The highest BCUT2D eigenvalue weighted by Crippen LogP contribution is 2.23. The SMILES string of the molecule is CC(=O)Nc1ccc(NC(=O)C(=O)NCC(O)c2cccc3ccccc23)cc1. The highest BCUT2D eigenvalue weighted by atomic mass is 16.3. The van der Waals surface area contributed by atoms with Crippen LogP contribution in [-0.2, 0) is 14.4 Å². The molecule has 0 spiro atoms. The molecule has 0 radical (unpaired) electrons. The minimum atomic E-state index is -0.949. The summed E-state index contributed by atoms with van der Waals surface area (Å²) < 4.78 is 0.